The monoisotopic (exact) mass is 276 g/mol. The zero-order valence-corrected chi connectivity index (χ0v) is 12.3. The molecular formula is C16H24N2O2. The Morgan fingerprint density at radius 2 is 2.25 bits per heavy atom. The van der Waals surface area contributed by atoms with Gasteiger partial charge in [0.25, 0.3) is 5.91 Å². The number of carbonyl (C=O) groups is 1. The lowest BCUT2D eigenvalue weighted by atomic mass is 9.82. The van der Waals surface area contributed by atoms with Crippen molar-refractivity contribution in [2.24, 2.45) is 11.8 Å². The molecule has 0 heterocycles. The fourth-order valence-corrected chi connectivity index (χ4v) is 2.94. The van der Waals surface area contributed by atoms with Crippen LogP contribution in [0.1, 0.15) is 43.0 Å². The van der Waals surface area contributed by atoms with Gasteiger partial charge in [-0.3, -0.25) is 4.79 Å². The number of benzene rings is 1. The highest BCUT2D eigenvalue weighted by molar-refractivity contribution is 5.99. The topological polar surface area (TPSA) is 64.3 Å². The molecule has 4 heteroatoms. The summed E-state index contributed by atoms with van der Waals surface area (Å²) in [7, 11) is 1.58. The van der Waals surface area contributed by atoms with E-state index in [9.17, 15) is 4.79 Å². The average molecular weight is 276 g/mol. The standard InChI is InChI=1S/C16H24N2O2/c1-11-4-3-5-12(8-11)10-18-16(19)14-9-13(20-2)6-7-15(14)17/h6-7,9,11-12H,3-5,8,10,17H2,1-2H3,(H,18,19). The van der Waals surface area contributed by atoms with Crippen molar-refractivity contribution in [3.05, 3.63) is 23.8 Å². The van der Waals surface area contributed by atoms with E-state index in [1.54, 1.807) is 25.3 Å². The first-order chi connectivity index (χ1) is 9.60. The SMILES string of the molecule is COc1ccc(N)c(C(=O)NCC2CCCC(C)C2)c1. The number of anilines is 1. The molecule has 1 aromatic rings. The zero-order valence-electron chi connectivity index (χ0n) is 12.3. The molecule has 1 aliphatic rings. The van der Waals surface area contributed by atoms with Crippen LogP contribution in [0.2, 0.25) is 0 Å². The third-order valence-corrected chi connectivity index (χ3v) is 4.10. The molecule has 0 spiro atoms. The second kappa shape index (κ2) is 6.64. The highest BCUT2D eigenvalue weighted by Crippen LogP contribution is 2.28. The smallest absolute Gasteiger partial charge is 0.253 e. The van der Waals surface area contributed by atoms with Crippen LogP contribution in [0.3, 0.4) is 0 Å². The van der Waals surface area contributed by atoms with Gasteiger partial charge in [-0.15, -0.1) is 0 Å². The molecule has 0 saturated heterocycles. The van der Waals surface area contributed by atoms with E-state index in [1.165, 1.54) is 25.7 Å². The molecule has 1 fully saturated rings. The Bertz CT molecular complexity index is 474. The van der Waals surface area contributed by atoms with Crippen LogP contribution in [-0.2, 0) is 0 Å². The van der Waals surface area contributed by atoms with Gasteiger partial charge in [0.1, 0.15) is 5.75 Å². The number of rotatable bonds is 4. The Hall–Kier alpha value is -1.71. The number of hydrogen-bond acceptors (Lipinski definition) is 3. The number of amides is 1. The first-order valence-electron chi connectivity index (χ1n) is 7.32. The van der Waals surface area contributed by atoms with Gasteiger partial charge in [0.2, 0.25) is 0 Å². The van der Waals surface area contributed by atoms with Crippen LogP contribution in [-0.4, -0.2) is 19.6 Å². The number of carbonyl (C=O) groups excluding carboxylic acids is 1. The summed E-state index contributed by atoms with van der Waals surface area (Å²) in [6, 6.07) is 5.15. The van der Waals surface area contributed by atoms with Crippen LogP contribution in [0.15, 0.2) is 18.2 Å². The Balaban J connectivity index is 1.94. The van der Waals surface area contributed by atoms with E-state index in [0.717, 1.165) is 12.5 Å². The van der Waals surface area contributed by atoms with Gasteiger partial charge < -0.3 is 15.8 Å². The molecule has 1 amide bonds. The van der Waals surface area contributed by atoms with Crippen molar-refractivity contribution in [3.8, 4) is 5.75 Å². The zero-order chi connectivity index (χ0) is 14.5. The van der Waals surface area contributed by atoms with Gasteiger partial charge in [0.15, 0.2) is 0 Å². The molecular weight excluding hydrogens is 252 g/mol. The maximum absolute atomic E-state index is 12.2. The van der Waals surface area contributed by atoms with Crippen LogP contribution in [0.25, 0.3) is 0 Å². The van der Waals surface area contributed by atoms with Crippen molar-refractivity contribution in [1.29, 1.82) is 0 Å². The summed E-state index contributed by atoms with van der Waals surface area (Å²) in [5.74, 6) is 1.90. The lowest BCUT2D eigenvalue weighted by Crippen LogP contribution is -2.31. The molecule has 110 valence electrons. The molecule has 4 nitrogen and oxygen atoms in total. The van der Waals surface area contributed by atoms with Gasteiger partial charge in [0.05, 0.1) is 12.7 Å². The molecule has 0 bridgehead atoms. The minimum absolute atomic E-state index is 0.111. The molecule has 1 aliphatic carbocycles. The first kappa shape index (κ1) is 14.7. The maximum Gasteiger partial charge on any atom is 0.253 e. The van der Waals surface area contributed by atoms with E-state index < -0.39 is 0 Å². The van der Waals surface area contributed by atoms with Crippen LogP contribution >= 0.6 is 0 Å². The van der Waals surface area contributed by atoms with Gasteiger partial charge in [-0.25, -0.2) is 0 Å². The highest BCUT2D eigenvalue weighted by Gasteiger charge is 2.20. The van der Waals surface area contributed by atoms with Crippen molar-refractivity contribution in [3.63, 3.8) is 0 Å². The van der Waals surface area contributed by atoms with Crippen LogP contribution in [0, 0.1) is 11.8 Å². The minimum atomic E-state index is -0.111. The summed E-state index contributed by atoms with van der Waals surface area (Å²) in [6.07, 6.45) is 4.99. The normalized spacial score (nSPS) is 22.3. The van der Waals surface area contributed by atoms with Crippen LogP contribution in [0.5, 0.6) is 5.75 Å². The van der Waals surface area contributed by atoms with Crippen LogP contribution < -0.4 is 15.8 Å². The number of nitrogens with two attached hydrogens (primary N) is 1. The van der Waals surface area contributed by atoms with E-state index in [4.69, 9.17) is 10.5 Å². The number of ether oxygens (including phenoxy) is 1. The third kappa shape index (κ3) is 3.65. The average Bonchev–Trinajstić information content (AvgIpc) is 2.45. The van der Waals surface area contributed by atoms with Gasteiger partial charge >= 0.3 is 0 Å². The van der Waals surface area contributed by atoms with Crippen molar-refractivity contribution in [2.45, 2.75) is 32.6 Å². The number of methoxy groups -OCH3 is 1. The summed E-state index contributed by atoms with van der Waals surface area (Å²) in [4.78, 5) is 12.2. The van der Waals surface area contributed by atoms with E-state index >= 15 is 0 Å². The molecule has 2 rings (SSSR count). The maximum atomic E-state index is 12.2. The Morgan fingerprint density at radius 1 is 1.45 bits per heavy atom. The lowest BCUT2D eigenvalue weighted by molar-refractivity contribution is 0.0941. The van der Waals surface area contributed by atoms with Gasteiger partial charge in [0, 0.05) is 12.2 Å². The van der Waals surface area contributed by atoms with E-state index in [2.05, 4.69) is 12.2 Å². The Labute approximate surface area is 120 Å². The summed E-state index contributed by atoms with van der Waals surface area (Å²) < 4.78 is 5.13. The highest BCUT2D eigenvalue weighted by atomic mass is 16.5. The molecule has 20 heavy (non-hydrogen) atoms. The van der Waals surface area contributed by atoms with Crippen LogP contribution in [0.4, 0.5) is 5.69 Å². The molecule has 2 unspecified atom stereocenters. The first-order valence-corrected chi connectivity index (χ1v) is 7.32. The molecule has 0 aromatic heterocycles. The van der Waals surface area contributed by atoms with Crippen molar-refractivity contribution < 1.29 is 9.53 Å². The Morgan fingerprint density at radius 3 is 2.95 bits per heavy atom. The van der Waals surface area contributed by atoms with Crippen molar-refractivity contribution in [1.82, 2.24) is 5.32 Å². The largest absolute Gasteiger partial charge is 0.497 e. The fourth-order valence-electron chi connectivity index (χ4n) is 2.94. The molecule has 1 saturated carbocycles. The fraction of sp³-hybridized carbons (Fsp3) is 0.562. The van der Waals surface area contributed by atoms with E-state index in [1.807, 2.05) is 0 Å². The number of hydrogen-bond donors (Lipinski definition) is 2. The molecule has 0 radical (unpaired) electrons. The van der Waals surface area contributed by atoms with Crippen molar-refractivity contribution in [2.75, 3.05) is 19.4 Å². The lowest BCUT2D eigenvalue weighted by Gasteiger charge is -2.26. The number of nitrogens with one attached hydrogen (secondary N) is 1. The predicted octanol–water partition coefficient (Wildman–Crippen LogP) is 2.83. The summed E-state index contributed by atoms with van der Waals surface area (Å²) >= 11 is 0. The predicted molar refractivity (Wildman–Crippen MR) is 80.9 cm³/mol. The second-order valence-corrected chi connectivity index (χ2v) is 5.80. The van der Waals surface area contributed by atoms with Gasteiger partial charge in [-0.2, -0.15) is 0 Å². The molecule has 3 N–H and O–H groups in total. The van der Waals surface area contributed by atoms with Gasteiger partial charge in [-0.1, -0.05) is 19.8 Å². The summed E-state index contributed by atoms with van der Waals surface area (Å²) in [6.45, 7) is 3.02. The molecule has 0 aliphatic heterocycles. The molecule has 1 aromatic carbocycles. The van der Waals surface area contributed by atoms with E-state index in [-0.39, 0.29) is 5.91 Å². The second-order valence-electron chi connectivity index (χ2n) is 5.80. The molecule has 2 atom stereocenters. The summed E-state index contributed by atoms with van der Waals surface area (Å²) in [5, 5.41) is 3.01. The minimum Gasteiger partial charge on any atom is -0.497 e. The third-order valence-electron chi connectivity index (χ3n) is 4.10. The van der Waals surface area contributed by atoms with Gasteiger partial charge in [-0.05, 0) is 42.9 Å². The van der Waals surface area contributed by atoms with E-state index in [0.29, 0.717) is 22.9 Å². The quantitative estimate of drug-likeness (QED) is 0.831. The Kier molecular flexibility index (Phi) is 4.88. The summed E-state index contributed by atoms with van der Waals surface area (Å²) in [5.41, 5.74) is 6.84. The number of nitrogen functional groups attached to an aromatic ring is 1. The van der Waals surface area contributed by atoms with Crippen molar-refractivity contribution >= 4 is 11.6 Å².